The molecule has 0 atom stereocenters. The molecule has 0 radical (unpaired) electrons. The summed E-state index contributed by atoms with van der Waals surface area (Å²) in [7, 11) is 0. The molecular weight excluding hydrogens is 259 g/mol. The summed E-state index contributed by atoms with van der Waals surface area (Å²) in [5.41, 5.74) is 1.50. The van der Waals surface area contributed by atoms with Crippen molar-refractivity contribution < 1.29 is 9.90 Å². The van der Waals surface area contributed by atoms with Crippen LogP contribution in [0.25, 0.3) is 11.1 Å². The number of carboxylic acids is 1. The van der Waals surface area contributed by atoms with E-state index in [1.165, 1.54) is 6.07 Å². The van der Waals surface area contributed by atoms with Gasteiger partial charge in [0.2, 0.25) is 0 Å². The molecule has 0 aromatic heterocycles. The van der Waals surface area contributed by atoms with Crippen molar-refractivity contribution in [3.8, 4) is 11.1 Å². The lowest BCUT2D eigenvalue weighted by Crippen LogP contribution is -1.99. The molecule has 17 heavy (non-hydrogen) atoms. The Morgan fingerprint density at radius 3 is 2.35 bits per heavy atom. The fraction of sp³-hybridized carbons (Fsp3) is 0. The van der Waals surface area contributed by atoms with E-state index in [1.54, 1.807) is 36.4 Å². The summed E-state index contributed by atoms with van der Waals surface area (Å²) in [6.45, 7) is 0. The number of carbonyl (C=O) groups is 1. The van der Waals surface area contributed by atoms with Crippen LogP contribution < -0.4 is 0 Å². The second-order valence-corrected chi connectivity index (χ2v) is 4.38. The Kier molecular flexibility index (Phi) is 3.36. The van der Waals surface area contributed by atoms with E-state index in [0.29, 0.717) is 15.6 Å². The minimum Gasteiger partial charge on any atom is -0.478 e. The summed E-state index contributed by atoms with van der Waals surface area (Å²) in [5, 5.41) is 10.2. The van der Waals surface area contributed by atoms with Gasteiger partial charge in [-0.15, -0.1) is 0 Å². The van der Waals surface area contributed by atoms with Crippen molar-refractivity contribution in [1.29, 1.82) is 0 Å². The molecule has 2 rings (SSSR count). The van der Waals surface area contributed by atoms with Crippen molar-refractivity contribution in [3.63, 3.8) is 0 Å². The molecule has 0 aliphatic carbocycles. The Labute approximate surface area is 108 Å². The molecule has 0 bridgehead atoms. The fourth-order valence-electron chi connectivity index (χ4n) is 1.60. The van der Waals surface area contributed by atoms with Gasteiger partial charge in [0, 0.05) is 10.0 Å². The van der Waals surface area contributed by atoms with Gasteiger partial charge in [-0.1, -0.05) is 35.3 Å². The predicted molar refractivity (Wildman–Crippen MR) is 68.9 cm³/mol. The van der Waals surface area contributed by atoms with Gasteiger partial charge in [-0.05, 0) is 41.5 Å². The second kappa shape index (κ2) is 4.78. The van der Waals surface area contributed by atoms with Crippen LogP contribution in [0.1, 0.15) is 10.4 Å². The Balaban J connectivity index is 2.65. The first-order valence-corrected chi connectivity index (χ1v) is 5.62. The first kappa shape index (κ1) is 12.0. The first-order valence-electron chi connectivity index (χ1n) is 4.87. The molecule has 0 saturated heterocycles. The smallest absolute Gasteiger partial charge is 0.336 e. The van der Waals surface area contributed by atoms with Crippen molar-refractivity contribution in [3.05, 3.63) is 58.1 Å². The maximum atomic E-state index is 11.1. The number of hydrogen-bond donors (Lipinski definition) is 1. The topological polar surface area (TPSA) is 37.3 Å². The fourth-order valence-corrected chi connectivity index (χ4v) is 1.96. The first-order chi connectivity index (χ1) is 8.08. The van der Waals surface area contributed by atoms with Gasteiger partial charge < -0.3 is 5.11 Å². The zero-order valence-corrected chi connectivity index (χ0v) is 10.2. The Morgan fingerprint density at radius 1 is 1.00 bits per heavy atom. The van der Waals surface area contributed by atoms with Crippen LogP contribution >= 0.6 is 23.2 Å². The van der Waals surface area contributed by atoms with E-state index in [1.807, 2.05) is 0 Å². The van der Waals surface area contributed by atoms with Crippen LogP contribution in [-0.4, -0.2) is 11.1 Å². The molecule has 0 aliphatic rings. The molecule has 2 nitrogen and oxygen atoms in total. The van der Waals surface area contributed by atoms with E-state index in [0.717, 1.165) is 5.56 Å². The number of aromatic carboxylic acids is 1. The molecule has 4 heteroatoms. The third-order valence-corrected chi connectivity index (χ3v) is 2.82. The number of benzene rings is 2. The summed E-state index contributed by atoms with van der Waals surface area (Å²) in [4.78, 5) is 11.1. The van der Waals surface area contributed by atoms with Crippen LogP contribution in [0.15, 0.2) is 42.5 Å². The molecule has 0 spiro atoms. The predicted octanol–water partition coefficient (Wildman–Crippen LogP) is 4.36. The van der Waals surface area contributed by atoms with Crippen LogP contribution in [0.4, 0.5) is 0 Å². The van der Waals surface area contributed by atoms with Crippen molar-refractivity contribution in [2.75, 3.05) is 0 Å². The lowest BCUT2D eigenvalue weighted by Gasteiger charge is -2.07. The number of carboxylic acid groups (broad SMARTS) is 1. The average molecular weight is 267 g/mol. The monoisotopic (exact) mass is 266 g/mol. The van der Waals surface area contributed by atoms with Gasteiger partial charge in [0.25, 0.3) is 0 Å². The normalized spacial score (nSPS) is 10.2. The van der Waals surface area contributed by atoms with E-state index < -0.39 is 5.97 Å². The van der Waals surface area contributed by atoms with Gasteiger partial charge >= 0.3 is 5.97 Å². The second-order valence-electron chi connectivity index (χ2n) is 3.51. The lowest BCUT2D eigenvalue weighted by molar-refractivity contribution is 0.0698. The maximum Gasteiger partial charge on any atom is 0.336 e. The standard InChI is InChI=1S/C13H8Cl2O2/c14-9-3-1-2-8(6-9)12-7-10(15)4-5-11(12)13(16)17/h1-7H,(H,16,17). The molecule has 0 amide bonds. The van der Waals surface area contributed by atoms with E-state index in [4.69, 9.17) is 28.3 Å². The average Bonchev–Trinajstić information content (AvgIpc) is 2.28. The van der Waals surface area contributed by atoms with E-state index >= 15 is 0 Å². The Bertz CT molecular complexity index is 579. The molecule has 0 heterocycles. The van der Waals surface area contributed by atoms with Crippen LogP contribution in [0.2, 0.25) is 10.0 Å². The molecule has 0 aliphatic heterocycles. The van der Waals surface area contributed by atoms with Crippen molar-refractivity contribution in [2.45, 2.75) is 0 Å². The highest BCUT2D eigenvalue weighted by atomic mass is 35.5. The highest BCUT2D eigenvalue weighted by molar-refractivity contribution is 6.31. The summed E-state index contributed by atoms with van der Waals surface area (Å²) in [6.07, 6.45) is 0. The minimum absolute atomic E-state index is 0.205. The SMILES string of the molecule is O=C(O)c1ccc(Cl)cc1-c1cccc(Cl)c1. The third-order valence-electron chi connectivity index (χ3n) is 2.35. The van der Waals surface area contributed by atoms with Gasteiger partial charge in [0.15, 0.2) is 0 Å². The molecule has 0 fully saturated rings. The highest BCUT2D eigenvalue weighted by Crippen LogP contribution is 2.28. The lowest BCUT2D eigenvalue weighted by atomic mass is 10.00. The maximum absolute atomic E-state index is 11.1. The van der Waals surface area contributed by atoms with Crippen LogP contribution in [0, 0.1) is 0 Å². The van der Waals surface area contributed by atoms with Crippen LogP contribution in [0.3, 0.4) is 0 Å². The van der Waals surface area contributed by atoms with Gasteiger partial charge in [-0.25, -0.2) is 4.79 Å². The summed E-state index contributed by atoms with van der Waals surface area (Å²) >= 11 is 11.8. The molecular formula is C13H8Cl2O2. The number of halogens is 2. The quantitative estimate of drug-likeness (QED) is 0.877. The van der Waals surface area contributed by atoms with Gasteiger partial charge in [-0.3, -0.25) is 0 Å². The molecule has 86 valence electrons. The zero-order chi connectivity index (χ0) is 12.4. The van der Waals surface area contributed by atoms with E-state index in [-0.39, 0.29) is 5.56 Å². The zero-order valence-electron chi connectivity index (χ0n) is 8.65. The number of hydrogen-bond acceptors (Lipinski definition) is 1. The molecule has 0 saturated carbocycles. The highest BCUT2D eigenvalue weighted by Gasteiger charge is 2.12. The minimum atomic E-state index is -0.989. The third kappa shape index (κ3) is 2.60. The van der Waals surface area contributed by atoms with Crippen molar-refractivity contribution in [1.82, 2.24) is 0 Å². The number of rotatable bonds is 2. The van der Waals surface area contributed by atoms with Crippen molar-refractivity contribution >= 4 is 29.2 Å². The van der Waals surface area contributed by atoms with Gasteiger partial charge in [-0.2, -0.15) is 0 Å². The van der Waals surface area contributed by atoms with Crippen LogP contribution in [0.5, 0.6) is 0 Å². The van der Waals surface area contributed by atoms with E-state index in [2.05, 4.69) is 0 Å². The van der Waals surface area contributed by atoms with E-state index in [9.17, 15) is 4.79 Å². The Morgan fingerprint density at radius 2 is 1.71 bits per heavy atom. The summed E-state index contributed by atoms with van der Waals surface area (Å²) in [6, 6.07) is 11.7. The molecule has 2 aromatic carbocycles. The molecule has 2 aromatic rings. The van der Waals surface area contributed by atoms with Crippen LogP contribution in [-0.2, 0) is 0 Å². The van der Waals surface area contributed by atoms with Gasteiger partial charge in [0.1, 0.15) is 0 Å². The molecule has 1 N–H and O–H groups in total. The van der Waals surface area contributed by atoms with Gasteiger partial charge in [0.05, 0.1) is 5.56 Å². The molecule has 0 unspecified atom stereocenters. The van der Waals surface area contributed by atoms with Crippen molar-refractivity contribution in [2.24, 2.45) is 0 Å². The largest absolute Gasteiger partial charge is 0.478 e. The summed E-state index contributed by atoms with van der Waals surface area (Å²) < 4.78 is 0. The summed E-state index contributed by atoms with van der Waals surface area (Å²) in [5.74, 6) is -0.989. The Hall–Kier alpha value is -1.51.